The van der Waals surface area contributed by atoms with Crippen molar-refractivity contribution < 1.29 is 8.42 Å². The third-order valence-corrected chi connectivity index (χ3v) is 8.64. The molecule has 0 unspecified atom stereocenters. The van der Waals surface area contributed by atoms with E-state index in [0.717, 1.165) is 57.5 Å². The number of nitrogens with zero attached hydrogens (tertiary/aromatic N) is 3. The predicted molar refractivity (Wildman–Crippen MR) is 128 cm³/mol. The first-order valence-electron chi connectivity index (χ1n) is 11.6. The van der Waals surface area contributed by atoms with Crippen LogP contribution < -0.4 is 4.90 Å². The minimum Gasteiger partial charge on any atom is -0.371 e. The number of likely N-dealkylation sites (tertiary alicyclic amines) is 1. The van der Waals surface area contributed by atoms with Crippen LogP contribution in [0.25, 0.3) is 0 Å². The average Bonchev–Trinajstić information content (AvgIpc) is 3.21. The van der Waals surface area contributed by atoms with E-state index in [2.05, 4.69) is 34.1 Å². The van der Waals surface area contributed by atoms with Crippen molar-refractivity contribution in [2.75, 3.05) is 38.1 Å². The summed E-state index contributed by atoms with van der Waals surface area (Å²) < 4.78 is 27.6. The molecule has 0 amide bonds. The van der Waals surface area contributed by atoms with Crippen LogP contribution in [0.1, 0.15) is 43.2 Å². The lowest BCUT2D eigenvalue weighted by Gasteiger charge is -2.27. The lowest BCUT2D eigenvalue weighted by Crippen LogP contribution is -2.38. The highest BCUT2D eigenvalue weighted by molar-refractivity contribution is 7.88. The number of para-hydroxylation sites is 1. The molecule has 2 saturated heterocycles. The van der Waals surface area contributed by atoms with Gasteiger partial charge in [-0.1, -0.05) is 48.5 Å². The van der Waals surface area contributed by atoms with Crippen LogP contribution in [-0.2, 0) is 22.3 Å². The Hall–Kier alpha value is -1.89. The number of rotatable bonds is 7. The lowest BCUT2D eigenvalue weighted by molar-refractivity contribution is 0.266. The Kier molecular flexibility index (Phi) is 7.31. The largest absolute Gasteiger partial charge is 0.371 e. The molecule has 168 valence electrons. The summed E-state index contributed by atoms with van der Waals surface area (Å²) in [6, 6.07) is 18.4. The van der Waals surface area contributed by atoms with Gasteiger partial charge in [-0.25, -0.2) is 12.7 Å². The second-order valence-electron chi connectivity index (χ2n) is 8.94. The van der Waals surface area contributed by atoms with E-state index in [1.807, 2.05) is 30.3 Å². The highest BCUT2D eigenvalue weighted by Crippen LogP contribution is 2.27. The van der Waals surface area contributed by atoms with Crippen LogP contribution in [0.3, 0.4) is 0 Å². The standard InChI is InChI=1S/C25H35N3O2S/c1-26(31(29,30)21-22-10-3-2-4-11-22)24-13-9-16-27(19-15-24)20-23-12-5-6-14-25(23)28-17-7-8-18-28/h2-6,10-12,14,24H,7-9,13,15-21H2,1H3/t24-/m0/s1. The minimum absolute atomic E-state index is 0.0764. The van der Waals surface area contributed by atoms with Gasteiger partial charge in [-0.15, -0.1) is 0 Å². The van der Waals surface area contributed by atoms with Gasteiger partial charge in [-0.3, -0.25) is 4.90 Å². The van der Waals surface area contributed by atoms with Crippen LogP contribution in [0, 0.1) is 0 Å². The van der Waals surface area contributed by atoms with Crippen molar-refractivity contribution in [3.63, 3.8) is 0 Å². The fourth-order valence-electron chi connectivity index (χ4n) is 4.93. The van der Waals surface area contributed by atoms with Gasteiger partial charge >= 0.3 is 0 Å². The zero-order chi connectivity index (χ0) is 21.7. The lowest BCUT2D eigenvalue weighted by atomic mass is 10.1. The van der Waals surface area contributed by atoms with E-state index >= 15 is 0 Å². The first-order chi connectivity index (χ1) is 15.0. The third kappa shape index (κ3) is 5.68. The van der Waals surface area contributed by atoms with Crippen LogP contribution in [0.2, 0.25) is 0 Å². The predicted octanol–water partition coefficient (Wildman–Crippen LogP) is 4.10. The van der Waals surface area contributed by atoms with E-state index in [4.69, 9.17) is 0 Å². The van der Waals surface area contributed by atoms with Crippen molar-refractivity contribution >= 4 is 15.7 Å². The number of sulfonamides is 1. The average molecular weight is 442 g/mol. The summed E-state index contributed by atoms with van der Waals surface area (Å²) in [7, 11) is -1.55. The molecular weight excluding hydrogens is 406 g/mol. The summed E-state index contributed by atoms with van der Waals surface area (Å²) in [4.78, 5) is 5.02. The molecule has 5 nitrogen and oxygen atoms in total. The topological polar surface area (TPSA) is 43.9 Å². The summed E-state index contributed by atoms with van der Waals surface area (Å²) in [5.74, 6) is 0.0771. The molecule has 2 fully saturated rings. The Morgan fingerprint density at radius 1 is 0.871 bits per heavy atom. The van der Waals surface area contributed by atoms with E-state index < -0.39 is 10.0 Å². The molecule has 2 aliphatic rings. The van der Waals surface area contributed by atoms with Crippen molar-refractivity contribution in [1.82, 2.24) is 9.21 Å². The maximum Gasteiger partial charge on any atom is 0.218 e. The van der Waals surface area contributed by atoms with E-state index in [0.29, 0.717) is 0 Å². The quantitative estimate of drug-likeness (QED) is 0.649. The molecule has 0 saturated carbocycles. The van der Waals surface area contributed by atoms with Gasteiger partial charge in [0.1, 0.15) is 0 Å². The molecule has 2 aromatic carbocycles. The van der Waals surface area contributed by atoms with Crippen molar-refractivity contribution in [2.45, 2.75) is 50.4 Å². The maximum atomic E-state index is 13.0. The monoisotopic (exact) mass is 441 g/mol. The number of anilines is 1. The Morgan fingerprint density at radius 3 is 2.35 bits per heavy atom. The Morgan fingerprint density at radius 2 is 1.58 bits per heavy atom. The molecule has 6 heteroatoms. The summed E-state index contributed by atoms with van der Waals surface area (Å²) in [6.45, 7) is 5.22. The zero-order valence-electron chi connectivity index (χ0n) is 18.6. The molecule has 0 N–H and O–H groups in total. The first kappa shape index (κ1) is 22.3. The minimum atomic E-state index is -3.32. The van der Waals surface area contributed by atoms with Gasteiger partial charge in [-0.2, -0.15) is 0 Å². The molecular formula is C25H35N3O2S. The van der Waals surface area contributed by atoms with Crippen LogP contribution in [0.5, 0.6) is 0 Å². The fraction of sp³-hybridized carbons (Fsp3) is 0.520. The van der Waals surface area contributed by atoms with Crippen molar-refractivity contribution in [1.29, 1.82) is 0 Å². The molecule has 0 spiro atoms. The van der Waals surface area contributed by atoms with Crippen LogP contribution >= 0.6 is 0 Å². The summed E-state index contributed by atoms with van der Waals surface area (Å²) in [6.07, 6.45) is 5.40. The van der Waals surface area contributed by atoms with Crippen LogP contribution in [0.15, 0.2) is 54.6 Å². The Labute approximate surface area is 187 Å². The second-order valence-corrected chi connectivity index (χ2v) is 11.0. The van der Waals surface area contributed by atoms with Crippen LogP contribution in [-0.4, -0.2) is 56.9 Å². The zero-order valence-corrected chi connectivity index (χ0v) is 19.4. The molecule has 0 radical (unpaired) electrons. The number of hydrogen-bond donors (Lipinski definition) is 0. The highest BCUT2D eigenvalue weighted by atomic mass is 32.2. The first-order valence-corrected chi connectivity index (χ1v) is 13.2. The second kappa shape index (κ2) is 10.2. The molecule has 31 heavy (non-hydrogen) atoms. The van der Waals surface area contributed by atoms with E-state index in [1.54, 1.807) is 11.4 Å². The molecule has 4 rings (SSSR count). The van der Waals surface area contributed by atoms with Crippen LogP contribution in [0.4, 0.5) is 5.69 Å². The molecule has 0 aromatic heterocycles. The van der Waals surface area contributed by atoms with Gasteiger partial charge < -0.3 is 4.90 Å². The van der Waals surface area contributed by atoms with Gasteiger partial charge in [0.2, 0.25) is 10.0 Å². The summed E-state index contributed by atoms with van der Waals surface area (Å²) >= 11 is 0. The van der Waals surface area contributed by atoms with Gasteiger partial charge in [0, 0.05) is 45.0 Å². The van der Waals surface area contributed by atoms with Crippen molar-refractivity contribution in [2.24, 2.45) is 0 Å². The third-order valence-electron chi connectivity index (χ3n) is 6.77. The maximum absolute atomic E-state index is 13.0. The van der Waals surface area contributed by atoms with E-state index in [1.165, 1.54) is 24.1 Å². The van der Waals surface area contributed by atoms with Gasteiger partial charge in [-0.05, 0) is 55.8 Å². The van der Waals surface area contributed by atoms with Gasteiger partial charge in [0.15, 0.2) is 0 Å². The normalized spacial score (nSPS) is 20.8. The van der Waals surface area contributed by atoms with Gasteiger partial charge in [0.25, 0.3) is 0 Å². The van der Waals surface area contributed by atoms with Crippen molar-refractivity contribution in [3.8, 4) is 0 Å². The Bertz CT molecular complexity index is 942. The SMILES string of the molecule is CN([C@H]1CCCN(Cc2ccccc2N2CCCC2)CC1)S(=O)(=O)Cc1ccccc1. The summed E-state index contributed by atoms with van der Waals surface area (Å²) in [5.41, 5.74) is 3.62. The van der Waals surface area contributed by atoms with Crippen molar-refractivity contribution in [3.05, 3.63) is 65.7 Å². The molecule has 1 atom stereocenters. The van der Waals surface area contributed by atoms with E-state index in [-0.39, 0.29) is 11.8 Å². The number of benzene rings is 2. The molecule has 2 aliphatic heterocycles. The molecule has 0 aliphatic carbocycles. The molecule has 0 bridgehead atoms. The van der Waals surface area contributed by atoms with Gasteiger partial charge in [0.05, 0.1) is 5.75 Å². The highest BCUT2D eigenvalue weighted by Gasteiger charge is 2.29. The summed E-state index contributed by atoms with van der Waals surface area (Å²) in [5, 5.41) is 0. The Balaban J connectivity index is 1.37. The van der Waals surface area contributed by atoms with E-state index in [9.17, 15) is 8.42 Å². The number of hydrogen-bond acceptors (Lipinski definition) is 4. The fourth-order valence-corrected chi connectivity index (χ4v) is 6.41. The molecule has 2 aromatic rings. The smallest absolute Gasteiger partial charge is 0.218 e. The molecule has 2 heterocycles.